The lowest BCUT2D eigenvalue weighted by atomic mass is 9.93. The lowest BCUT2D eigenvalue weighted by Crippen LogP contribution is -2.50. The van der Waals surface area contributed by atoms with Crippen molar-refractivity contribution in [2.45, 2.75) is 45.4 Å². The van der Waals surface area contributed by atoms with Gasteiger partial charge in [0.2, 0.25) is 0 Å². The Hall–Kier alpha value is -2.18. The molecule has 2 rings (SSSR count). The van der Waals surface area contributed by atoms with E-state index in [1.807, 2.05) is 0 Å². The molecule has 0 spiro atoms. The van der Waals surface area contributed by atoms with Crippen LogP contribution in [0, 0.1) is 11.6 Å². The SMILES string of the molecule is CC(C)(C)OC(=O)N1Cc2ccc(F)c(F)c2CC1C(=O)O. The standard InChI is InChI=1S/C15H17F2NO4/c1-15(2,3)22-14(21)18-7-8-4-5-10(16)12(17)9(8)6-11(18)13(19)20/h4-5,11H,6-7H2,1-3H3,(H,19,20). The molecule has 0 saturated carbocycles. The van der Waals surface area contributed by atoms with Gasteiger partial charge in [-0.15, -0.1) is 0 Å². The fourth-order valence-corrected chi connectivity index (χ4v) is 2.33. The van der Waals surface area contributed by atoms with E-state index in [2.05, 4.69) is 0 Å². The van der Waals surface area contributed by atoms with E-state index >= 15 is 0 Å². The number of aliphatic carboxylic acids is 1. The molecule has 1 atom stereocenters. The molecule has 1 aromatic carbocycles. The third-order valence-corrected chi connectivity index (χ3v) is 3.32. The zero-order chi connectivity index (χ0) is 16.7. The Morgan fingerprint density at radius 1 is 1.32 bits per heavy atom. The van der Waals surface area contributed by atoms with Crippen LogP contribution in [0.5, 0.6) is 0 Å². The van der Waals surface area contributed by atoms with Gasteiger partial charge in [0.05, 0.1) is 6.54 Å². The Labute approximate surface area is 126 Å². The minimum absolute atomic E-state index is 0.00721. The average molecular weight is 313 g/mol. The van der Waals surface area contributed by atoms with Crippen molar-refractivity contribution in [3.8, 4) is 0 Å². The van der Waals surface area contributed by atoms with E-state index in [1.165, 1.54) is 6.07 Å². The number of carbonyl (C=O) groups is 2. The smallest absolute Gasteiger partial charge is 0.411 e. The highest BCUT2D eigenvalue weighted by atomic mass is 19.2. The Morgan fingerprint density at radius 2 is 1.95 bits per heavy atom. The van der Waals surface area contributed by atoms with Gasteiger partial charge in [-0.3, -0.25) is 4.90 Å². The molecule has 0 aliphatic carbocycles. The summed E-state index contributed by atoms with van der Waals surface area (Å²) in [6.45, 7) is 4.84. The van der Waals surface area contributed by atoms with Crippen LogP contribution in [-0.4, -0.2) is 33.7 Å². The molecule has 1 N–H and O–H groups in total. The van der Waals surface area contributed by atoms with E-state index in [0.29, 0.717) is 5.56 Å². The van der Waals surface area contributed by atoms with Crippen LogP contribution in [0.1, 0.15) is 31.9 Å². The Bertz CT molecular complexity index is 625. The number of carbonyl (C=O) groups excluding carboxylic acids is 1. The van der Waals surface area contributed by atoms with Crippen molar-refractivity contribution in [2.24, 2.45) is 0 Å². The van der Waals surface area contributed by atoms with Crippen LogP contribution in [0.15, 0.2) is 12.1 Å². The van der Waals surface area contributed by atoms with Crippen LogP contribution in [0.3, 0.4) is 0 Å². The molecule has 0 saturated heterocycles. The van der Waals surface area contributed by atoms with Crippen LogP contribution in [0.25, 0.3) is 0 Å². The lowest BCUT2D eigenvalue weighted by molar-refractivity contribution is -0.143. The van der Waals surface area contributed by atoms with Crippen LogP contribution in [0.4, 0.5) is 13.6 Å². The molecule has 1 aromatic rings. The summed E-state index contributed by atoms with van der Waals surface area (Å²) in [6.07, 6.45) is -1.09. The van der Waals surface area contributed by atoms with Crippen LogP contribution < -0.4 is 0 Å². The number of carboxylic acids is 1. The number of ether oxygens (including phenoxy) is 1. The summed E-state index contributed by atoms with van der Waals surface area (Å²) in [4.78, 5) is 24.6. The van der Waals surface area contributed by atoms with E-state index in [4.69, 9.17) is 4.74 Å². The number of benzene rings is 1. The number of hydrogen-bond acceptors (Lipinski definition) is 3. The normalized spacial score (nSPS) is 17.9. The predicted molar refractivity (Wildman–Crippen MR) is 73.3 cm³/mol. The molecule has 1 amide bonds. The van der Waals surface area contributed by atoms with Crippen LogP contribution >= 0.6 is 0 Å². The van der Waals surface area contributed by atoms with E-state index < -0.39 is 35.3 Å². The van der Waals surface area contributed by atoms with Crippen molar-refractivity contribution in [1.82, 2.24) is 4.90 Å². The molecule has 0 bridgehead atoms. The molecule has 0 radical (unpaired) electrons. The Kier molecular flexibility index (Phi) is 4.08. The molecule has 1 aliphatic heterocycles. The summed E-state index contributed by atoms with van der Waals surface area (Å²) < 4.78 is 32.3. The van der Waals surface area contributed by atoms with Gasteiger partial charge in [-0.25, -0.2) is 18.4 Å². The van der Waals surface area contributed by atoms with Crippen molar-refractivity contribution in [3.05, 3.63) is 34.9 Å². The number of halogens is 2. The summed E-state index contributed by atoms with van der Waals surface area (Å²) in [6, 6.07) is 1.02. The summed E-state index contributed by atoms with van der Waals surface area (Å²) in [5, 5.41) is 9.28. The van der Waals surface area contributed by atoms with Crippen molar-refractivity contribution in [2.75, 3.05) is 0 Å². The van der Waals surface area contributed by atoms with Crippen molar-refractivity contribution in [1.29, 1.82) is 0 Å². The molecule has 22 heavy (non-hydrogen) atoms. The summed E-state index contributed by atoms with van der Waals surface area (Å²) in [5.74, 6) is -3.39. The highest BCUT2D eigenvalue weighted by Gasteiger charge is 2.38. The highest BCUT2D eigenvalue weighted by molar-refractivity contribution is 5.81. The van der Waals surface area contributed by atoms with Crippen molar-refractivity contribution >= 4 is 12.1 Å². The topological polar surface area (TPSA) is 66.8 Å². The molecule has 5 nitrogen and oxygen atoms in total. The minimum atomic E-state index is -1.29. The zero-order valence-electron chi connectivity index (χ0n) is 12.5. The Morgan fingerprint density at radius 3 is 2.50 bits per heavy atom. The molecule has 1 unspecified atom stereocenters. The number of fused-ring (bicyclic) bond motifs is 1. The molecule has 0 fully saturated rings. The van der Waals surface area contributed by atoms with Gasteiger partial charge in [-0.05, 0) is 38.0 Å². The van der Waals surface area contributed by atoms with Gasteiger partial charge in [0, 0.05) is 6.42 Å². The van der Waals surface area contributed by atoms with E-state index in [1.54, 1.807) is 20.8 Å². The molecule has 0 aromatic heterocycles. The summed E-state index contributed by atoms with van der Waals surface area (Å²) in [7, 11) is 0. The van der Waals surface area contributed by atoms with Gasteiger partial charge in [0.1, 0.15) is 11.6 Å². The number of hydrogen-bond donors (Lipinski definition) is 1. The first-order valence-electron chi connectivity index (χ1n) is 6.78. The second kappa shape index (κ2) is 5.55. The van der Waals surface area contributed by atoms with Gasteiger partial charge in [-0.1, -0.05) is 6.07 Å². The monoisotopic (exact) mass is 313 g/mol. The first-order valence-corrected chi connectivity index (χ1v) is 6.78. The van der Waals surface area contributed by atoms with Crippen molar-refractivity contribution in [3.63, 3.8) is 0 Å². The molecule has 1 aliphatic rings. The van der Waals surface area contributed by atoms with Crippen LogP contribution in [-0.2, 0) is 22.5 Å². The quantitative estimate of drug-likeness (QED) is 0.865. The maximum Gasteiger partial charge on any atom is 0.411 e. The fourth-order valence-electron chi connectivity index (χ4n) is 2.33. The van der Waals surface area contributed by atoms with Gasteiger partial charge in [0.15, 0.2) is 11.6 Å². The fraction of sp³-hybridized carbons (Fsp3) is 0.467. The van der Waals surface area contributed by atoms with Gasteiger partial charge >= 0.3 is 12.1 Å². The van der Waals surface area contributed by atoms with Crippen molar-refractivity contribution < 1.29 is 28.2 Å². The molecule has 7 heteroatoms. The third kappa shape index (κ3) is 3.18. The Balaban J connectivity index is 2.37. The van der Waals surface area contributed by atoms with Gasteiger partial charge in [0.25, 0.3) is 0 Å². The summed E-state index contributed by atoms with van der Waals surface area (Å²) in [5.41, 5.74) is -0.413. The molecular formula is C15H17F2NO4. The molecular weight excluding hydrogens is 296 g/mol. The van der Waals surface area contributed by atoms with Gasteiger partial charge < -0.3 is 9.84 Å². The number of carboxylic acid groups (broad SMARTS) is 1. The number of amides is 1. The maximum absolute atomic E-state index is 13.8. The van der Waals surface area contributed by atoms with E-state index in [-0.39, 0.29) is 18.5 Å². The zero-order valence-corrected chi connectivity index (χ0v) is 12.5. The highest BCUT2D eigenvalue weighted by Crippen LogP contribution is 2.28. The minimum Gasteiger partial charge on any atom is -0.480 e. The van der Waals surface area contributed by atoms with E-state index in [0.717, 1.165) is 11.0 Å². The predicted octanol–water partition coefficient (Wildman–Crippen LogP) is 2.71. The van der Waals surface area contributed by atoms with E-state index in [9.17, 15) is 23.5 Å². The number of rotatable bonds is 1. The second-order valence-electron chi connectivity index (χ2n) is 6.17. The van der Waals surface area contributed by atoms with Gasteiger partial charge in [-0.2, -0.15) is 0 Å². The third-order valence-electron chi connectivity index (χ3n) is 3.32. The summed E-state index contributed by atoms with van der Waals surface area (Å²) >= 11 is 0. The van der Waals surface area contributed by atoms with Crippen LogP contribution in [0.2, 0.25) is 0 Å². The molecule has 120 valence electrons. The molecule has 1 heterocycles. The maximum atomic E-state index is 13.8. The first-order chi connectivity index (χ1) is 10.1. The lowest BCUT2D eigenvalue weighted by Gasteiger charge is -2.35. The first kappa shape index (κ1) is 16.2. The number of nitrogens with zero attached hydrogens (tertiary/aromatic N) is 1. The average Bonchev–Trinajstić information content (AvgIpc) is 2.39. The second-order valence-corrected chi connectivity index (χ2v) is 6.17. The largest absolute Gasteiger partial charge is 0.480 e.